The van der Waals surface area contributed by atoms with Gasteiger partial charge in [0.2, 0.25) is 5.91 Å². The molecule has 6 heteroatoms. The van der Waals surface area contributed by atoms with Crippen LogP contribution in [0.3, 0.4) is 0 Å². The highest BCUT2D eigenvalue weighted by molar-refractivity contribution is 7.92. The average Bonchev–Trinajstić information content (AvgIpc) is 3.04. The number of nitrogens with one attached hydrogen (secondary N) is 1. The zero-order chi connectivity index (χ0) is 17.6. The molecule has 0 radical (unpaired) electrons. The average molecular weight is 359 g/mol. The molecule has 1 aliphatic heterocycles. The lowest BCUT2D eigenvalue weighted by atomic mass is 9.92. The number of likely N-dealkylation sites (tertiary alicyclic amines) is 1. The molecule has 2 aliphatic rings. The summed E-state index contributed by atoms with van der Waals surface area (Å²) in [5, 5.41) is 2.68. The van der Waals surface area contributed by atoms with Crippen LogP contribution < -0.4 is 5.32 Å². The molecule has 140 valence electrons. The molecule has 2 fully saturated rings. The summed E-state index contributed by atoms with van der Waals surface area (Å²) >= 11 is 0. The molecule has 1 aliphatic carbocycles. The van der Waals surface area contributed by atoms with Gasteiger partial charge in [0.1, 0.15) is 0 Å². The number of hydrogen-bond acceptors (Lipinski definition) is 4. The van der Waals surface area contributed by atoms with Crippen LogP contribution in [0.2, 0.25) is 0 Å². The van der Waals surface area contributed by atoms with Crippen LogP contribution in [0, 0.1) is 11.8 Å². The molecule has 0 aromatic carbocycles. The maximum atomic E-state index is 12.1. The van der Waals surface area contributed by atoms with E-state index in [1.165, 1.54) is 6.42 Å². The molecule has 0 aromatic heterocycles. The van der Waals surface area contributed by atoms with Gasteiger partial charge in [-0.1, -0.05) is 26.7 Å². The van der Waals surface area contributed by atoms with Gasteiger partial charge in [-0.2, -0.15) is 0 Å². The number of amides is 1. The van der Waals surface area contributed by atoms with Gasteiger partial charge in [-0.3, -0.25) is 4.79 Å². The van der Waals surface area contributed by atoms with E-state index in [1.807, 2.05) is 0 Å². The SMILES string of the molecule is CC1CC(C)CN(CCCNC(=O)CCS(=O)(=O)C2CCCC2)C1. The van der Waals surface area contributed by atoms with Crippen molar-refractivity contribution in [2.75, 3.05) is 31.9 Å². The summed E-state index contributed by atoms with van der Waals surface area (Å²) in [5.74, 6) is 1.38. The van der Waals surface area contributed by atoms with Crippen molar-refractivity contribution in [3.05, 3.63) is 0 Å². The summed E-state index contributed by atoms with van der Waals surface area (Å²) in [6, 6.07) is 0. The fraction of sp³-hybridized carbons (Fsp3) is 0.944. The lowest BCUT2D eigenvalue weighted by Crippen LogP contribution is -2.40. The molecule has 1 saturated carbocycles. The van der Waals surface area contributed by atoms with Gasteiger partial charge in [0, 0.05) is 26.1 Å². The second-order valence-electron chi connectivity index (χ2n) is 7.93. The summed E-state index contributed by atoms with van der Waals surface area (Å²) in [5.41, 5.74) is 0. The van der Waals surface area contributed by atoms with Crippen molar-refractivity contribution < 1.29 is 13.2 Å². The number of sulfone groups is 1. The van der Waals surface area contributed by atoms with Crippen molar-refractivity contribution in [3.8, 4) is 0 Å². The van der Waals surface area contributed by atoms with Gasteiger partial charge in [0.15, 0.2) is 9.84 Å². The van der Waals surface area contributed by atoms with E-state index in [0.29, 0.717) is 6.54 Å². The van der Waals surface area contributed by atoms with Gasteiger partial charge in [-0.05, 0) is 44.1 Å². The van der Waals surface area contributed by atoms with Gasteiger partial charge in [-0.25, -0.2) is 8.42 Å². The second kappa shape index (κ2) is 9.18. The van der Waals surface area contributed by atoms with E-state index in [-0.39, 0.29) is 23.3 Å². The van der Waals surface area contributed by atoms with Crippen LogP contribution in [0.1, 0.15) is 58.8 Å². The summed E-state index contributed by atoms with van der Waals surface area (Å²) in [7, 11) is -3.08. The Morgan fingerprint density at radius 1 is 1.12 bits per heavy atom. The molecule has 5 nitrogen and oxygen atoms in total. The molecule has 2 unspecified atom stereocenters. The molecule has 1 saturated heterocycles. The van der Waals surface area contributed by atoms with E-state index < -0.39 is 9.84 Å². The highest BCUT2D eigenvalue weighted by atomic mass is 32.2. The van der Waals surface area contributed by atoms with Crippen LogP contribution in [-0.2, 0) is 14.6 Å². The lowest BCUT2D eigenvalue weighted by Gasteiger charge is -2.34. The van der Waals surface area contributed by atoms with Crippen LogP contribution >= 0.6 is 0 Å². The summed E-state index contributed by atoms with van der Waals surface area (Å²) in [6.45, 7) is 8.55. The Kier molecular flexibility index (Phi) is 7.54. The van der Waals surface area contributed by atoms with Crippen molar-refractivity contribution in [1.82, 2.24) is 10.2 Å². The molecule has 1 heterocycles. The molecule has 2 rings (SSSR count). The van der Waals surface area contributed by atoms with Crippen LogP contribution in [0.4, 0.5) is 0 Å². The van der Waals surface area contributed by atoms with Crippen molar-refractivity contribution in [3.63, 3.8) is 0 Å². The highest BCUT2D eigenvalue weighted by Gasteiger charge is 2.28. The minimum Gasteiger partial charge on any atom is -0.356 e. The fourth-order valence-electron chi connectivity index (χ4n) is 4.24. The van der Waals surface area contributed by atoms with E-state index in [9.17, 15) is 13.2 Å². The minimum atomic E-state index is -3.08. The van der Waals surface area contributed by atoms with Crippen molar-refractivity contribution >= 4 is 15.7 Å². The standard InChI is InChI=1S/C18H34N2O3S/c1-15-12-16(2)14-20(13-15)10-5-9-19-18(21)8-11-24(22,23)17-6-3-4-7-17/h15-17H,3-14H2,1-2H3,(H,19,21). The molecule has 24 heavy (non-hydrogen) atoms. The van der Waals surface area contributed by atoms with E-state index in [4.69, 9.17) is 0 Å². The van der Waals surface area contributed by atoms with Gasteiger partial charge >= 0.3 is 0 Å². The van der Waals surface area contributed by atoms with Crippen molar-refractivity contribution in [1.29, 1.82) is 0 Å². The zero-order valence-electron chi connectivity index (χ0n) is 15.3. The number of carbonyl (C=O) groups excluding carboxylic acids is 1. The molecule has 0 bridgehead atoms. The normalized spacial score (nSPS) is 26.6. The third-order valence-electron chi connectivity index (χ3n) is 5.34. The largest absolute Gasteiger partial charge is 0.356 e. The molecule has 1 N–H and O–H groups in total. The van der Waals surface area contributed by atoms with Gasteiger partial charge < -0.3 is 10.2 Å². The first kappa shape index (κ1) is 19.7. The topological polar surface area (TPSA) is 66.5 Å². The smallest absolute Gasteiger partial charge is 0.221 e. The number of hydrogen-bond donors (Lipinski definition) is 1. The predicted octanol–water partition coefficient (Wildman–Crippen LogP) is 2.22. The Morgan fingerprint density at radius 3 is 2.38 bits per heavy atom. The number of nitrogens with zero attached hydrogens (tertiary/aromatic N) is 1. The first-order valence-electron chi connectivity index (χ1n) is 9.57. The van der Waals surface area contributed by atoms with Gasteiger partial charge in [0.05, 0.1) is 11.0 Å². The molecule has 2 atom stereocenters. The van der Waals surface area contributed by atoms with E-state index in [0.717, 1.165) is 63.6 Å². The molecular weight excluding hydrogens is 324 g/mol. The number of piperidine rings is 1. The van der Waals surface area contributed by atoms with E-state index in [2.05, 4.69) is 24.1 Å². The van der Waals surface area contributed by atoms with E-state index in [1.54, 1.807) is 0 Å². The maximum Gasteiger partial charge on any atom is 0.221 e. The Labute approximate surface area is 147 Å². The van der Waals surface area contributed by atoms with Gasteiger partial charge in [0.25, 0.3) is 0 Å². The Balaban J connectivity index is 1.58. The third kappa shape index (κ3) is 6.36. The van der Waals surface area contributed by atoms with Crippen LogP contribution in [0.25, 0.3) is 0 Å². The number of carbonyl (C=O) groups is 1. The highest BCUT2D eigenvalue weighted by Crippen LogP contribution is 2.25. The quantitative estimate of drug-likeness (QED) is 0.676. The Bertz CT molecular complexity index is 490. The number of rotatable bonds is 8. The van der Waals surface area contributed by atoms with Crippen molar-refractivity contribution in [2.24, 2.45) is 11.8 Å². The van der Waals surface area contributed by atoms with Crippen molar-refractivity contribution in [2.45, 2.75) is 64.0 Å². The molecular formula is C18H34N2O3S. The van der Waals surface area contributed by atoms with Crippen LogP contribution in [0.5, 0.6) is 0 Å². The monoisotopic (exact) mass is 358 g/mol. The van der Waals surface area contributed by atoms with E-state index >= 15 is 0 Å². The summed E-state index contributed by atoms with van der Waals surface area (Å²) in [6.07, 6.45) is 5.90. The first-order chi connectivity index (χ1) is 11.4. The fourth-order valence-corrected chi connectivity index (χ4v) is 6.10. The maximum absolute atomic E-state index is 12.1. The second-order valence-corrected chi connectivity index (χ2v) is 10.3. The third-order valence-corrected chi connectivity index (χ3v) is 7.60. The molecule has 0 spiro atoms. The zero-order valence-corrected chi connectivity index (χ0v) is 16.1. The van der Waals surface area contributed by atoms with Crippen LogP contribution in [-0.4, -0.2) is 56.4 Å². The predicted molar refractivity (Wildman–Crippen MR) is 97.7 cm³/mol. The van der Waals surface area contributed by atoms with Crippen LogP contribution in [0.15, 0.2) is 0 Å². The summed E-state index contributed by atoms with van der Waals surface area (Å²) < 4.78 is 24.3. The summed E-state index contributed by atoms with van der Waals surface area (Å²) in [4.78, 5) is 14.4. The Hall–Kier alpha value is -0.620. The molecule has 0 aromatic rings. The molecule has 1 amide bonds. The van der Waals surface area contributed by atoms with Gasteiger partial charge in [-0.15, -0.1) is 0 Å². The minimum absolute atomic E-state index is 0.00462. The lowest BCUT2D eigenvalue weighted by molar-refractivity contribution is -0.120. The first-order valence-corrected chi connectivity index (χ1v) is 11.3. The Morgan fingerprint density at radius 2 is 1.75 bits per heavy atom.